The van der Waals surface area contributed by atoms with Gasteiger partial charge in [0.1, 0.15) is 17.6 Å². The lowest BCUT2D eigenvalue weighted by molar-refractivity contribution is -0.359. The number of hydrogen-bond donors (Lipinski definition) is 3. The van der Waals surface area contributed by atoms with E-state index in [1.54, 1.807) is 6.20 Å². The van der Waals surface area contributed by atoms with E-state index in [0.29, 0.717) is 5.69 Å². The zero-order valence-electron chi connectivity index (χ0n) is 9.08. The van der Waals surface area contributed by atoms with Crippen molar-refractivity contribution in [3.8, 4) is 0 Å². The highest BCUT2D eigenvalue weighted by atomic mass is 35.5. The van der Waals surface area contributed by atoms with Crippen LogP contribution in [0.3, 0.4) is 0 Å². The van der Waals surface area contributed by atoms with Crippen LogP contribution in [-0.2, 0) is 0 Å². The molecule has 92 valence electrons. The van der Waals surface area contributed by atoms with Gasteiger partial charge in [0.05, 0.1) is 5.69 Å². The van der Waals surface area contributed by atoms with Crippen molar-refractivity contribution in [3.63, 3.8) is 0 Å². The maximum absolute atomic E-state index is 5.57. The molecule has 1 heterocycles. The van der Waals surface area contributed by atoms with Crippen molar-refractivity contribution in [2.24, 2.45) is 0 Å². The summed E-state index contributed by atoms with van der Waals surface area (Å²) in [5.74, 6) is 0.904. The number of nitrogens with two attached hydrogens (primary N) is 1. The molecule has 0 atom stereocenters. The molecule has 0 radical (unpaired) electrons. The minimum absolute atomic E-state index is 0. The Morgan fingerprint density at radius 1 is 1.00 bits per heavy atom. The first-order valence-electron chi connectivity index (χ1n) is 4.70. The number of benzene rings is 1. The van der Waals surface area contributed by atoms with Crippen molar-refractivity contribution in [2.75, 3.05) is 11.1 Å². The lowest BCUT2D eigenvalue weighted by Crippen LogP contribution is -3.00. The van der Waals surface area contributed by atoms with Crippen LogP contribution in [0.4, 0.5) is 22.9 Å². The van der Waals surface area contributed by atoms with Gasteiger partial charge >= 0.3 is 0 Å². The lowest BCUT2D eigenvalue weighted by atomic mass is 10.3. The average Bonchev–Trinajstić information content (AvgIpc) is 2.25. The number of anilines is 3. The Morgan fingerprint density at radius 3 is 2.18 bits per heavy atom. The van der Waals surface area contributed by atoms with Gasteiger partial charge in [0.2, 0.25) is 0 Å². The van der Waals surface area contributed by atoms with Crippen LogP contribution in [0.1, 0.15) is 0 Å². The third kappa shape index (κ3) is 4.48. The molecule has 0 bridgehead atoms. The molecule has 7 N–H and O–H groups in total. The first-order chi connectivity index (χ1) is 7.24. The third-order valence-corrected chi connectivity index (χ3v) is 2.07. The van der Waals surface area contributed by atoms with Gasteiger partial charge in [-0.1, -0.05) is 0 Å². The summed E-state index contributed by atoms with van der Waals surface area (Å²) in [4.78, 5) is 3.05. The average molecular weight is 273 g/mol. The summed E-state index contributed by atoms with van der Waals surface area (Å²) in [7, 11) is 0. The fraction of sp³-hybridized carbons (Fsp3) is 0. The molecule has 0 amide bonds. The Balaban J connectivity index is 0.00000128. The van der Waals surface area contributed by atoms with E-state index in [1.165, 1.54) is 0 Å². The first kappa shape index (κ1) is 15.5. The zero-order chi connectivity index (χ0) is 10.7. The monoisotopic (exact) mass is 272 g/mol. The summed E-state index contributed by atoms with van der Waals surface area (Å²) in [6.07, 6.45) is 1.75. The molecule has 0 aliphatic carbocycles. The number of rotatable bonds is 2. The predicted molar refractivity (Wildman–Crippen MR) is 59.7 cm³/mol. The number of nitrogen functional groups attached to an aromatic ring is 1. The Labute approximate surface area is 112 Å². The molecule has 1 aromatic heterocycles. The van der Waals surface area contributed by atoms with Crippen LogP contribution < -0.4 is 46.6 Å². The molecule has 1 aromatic carbocycles. The van der Waals surface area contributed by atoms with Crippen LogP contribution in [0.2, 0.25) is 0 Å². The molecule has 0 saturated carbocycles. The minimum atomic E-state index is 0. The van der Waals surface area contributed by atoms with Crippen molar-refractivity contribution in [1.82, 2.24) is 0 Å². The first-order valence-corrected chi connectivity index (χ1v) is 4.70. The molecule has 17 heavy (non-hydrogen) atoms. The maximum atomic E-state index is 5.57. The van der Waals surface area contributed by atoms with E-state index in [2.05, 4.69) is 16.0 Å². The number of aromatic amines is 1. The highest BCUT2D eigenvalue weighted by molar-refractivity contribution is 5.56. The van der Waals surface area contributed by atoms with Gasteiger partial charge in [-0.05, 0) is 18.2 Å². The molecule has 2 rings (SSSR count). The van der Waals surface area contributed by atoms with Crippen LogP contribution in [-0.4, -0.2) is 0 Å². The van der Waals surface area contributed by atoms with E-state index >= 15 is 0 Å². The van der Waals surface area contributed by atoms with Crippen LogP contribution in [0.5, 0.6) is 0 Å². The second-order valence-electron chi connectivity index (χ2n) is 3.36. The summed E-state index contributed by atoms with van der Waals surface area (Å²) in [5, 5.41) is 3.22. The second kappa shape index (κ2) is 6.96. The molecule has 0 aliphatic heterocycles. The standard InChI is InChI=1S/C11H12N4.2ClH/c12-8-1-4-10(5-2-8)15-11-6-3-9(13)7-14-11;;/h1-7H,12-13H2,(H,14,15);2*1H. The van der Waals surface area contributed by atoms with Crippen LogP contribution in [0.25, 0.3) is 0 Å². The topological polar surface area (TPSA) is 79.8 Å². The van der Waals surface area contributed by atoms with Crippen LogP contribution >= 0.6 is 0 Å². The van der Waals surface area contributed by atoms with E-state index in [0.717, 1.165) is 17.2 Å². The summed E-state index contributed by atoms with van der Waals surface area (Å²) >= 11 is 0. The number of hydrogen-bond acceptors (Lipinski definition) is 2. The minimum Gasteiger partial charge on any atom is -1.00 e. The van der Waals surface area contributed by atoms with Gasteiger partial charge in [0.25, 0.3) is 5.82 Å². The van der Waals surface area contributed by atoms with Crippen molar-refractivity contribution in [3.05, 3.63) is 42.6 Å². The van der Waals surface area contributed by atoms with Gasteiger partial charge in [-0.2, -0.15) is 0 Å². The summed E-state index contributed by atoms with van der Waals surface area (Å²) in [5.41, 5.74) is 12.1. The molecular formula is C11H14Cl2N4. The van der Waals surface area contributed by atoms with E-state index < -0.39 is 0 Å². The van der Waals surface area contributed by atoms with Crippen molar-refractivity contribution < 1.29 is 35.5 Å². The van der Waals surface area contributed by atoms with Crippen molar-refractivity contribution >= 4 is 22.9 Å². The fourth-order valence-electron chi connectivity index (χ4n) is 1.26. The highest BCUT2D eigenvalue weighted by Crippen LogP contribution is 2.13. The molecule has 0 aliphatic rings. The van der Waals surface area contributed by atoms with E-state index in [4.69, 9.17) is 5.73 Å². The van der Waals surface area contributed by atoms with Gasteiger partial charge in [0, 0.05) is 18.2 Å². The Hall–Kier alpha value is -1.49. The second-order valence-corrected chi connectivity index (χ2v) is 3.36. The quantitative estimate of drug-likeness (QED) is 0.511. The smallest absolute Gasteiger partial charge is 0.277 e. The zero-order valence-corrected chi connectivity index (χ0v) is 10.6. The Bertz CT molecular complexity index is 399. The number of H-pyrrole nitrogens is 1. The lowest BCUT2D eigenvalue weighted by Gasteiger charge is -1.98. The highest BCUT2D eigenvalue weighted by Gasteiger charge is 2.02. The van der Waals surface area contributed by atoms with Gasteiger partial charge in [0.15, 0.2) is 0 Å². The van der Waals surface area contributed by atoms with Crippen LogP contribution in [0.15, 0.2) is 42.6 Å². The number of pyridine rings is 1. The molecule has 0 saturated heterocycles. The molecule has 4 nitrogen and oxygen atoms in total. The van der Waals surface area contributed by atoms with Gasteiger partial charge < -0.3 is 36.3 Å². The van der Waals surface area contributed by atoms with Gasteiger partial charge in [-0.15, -0.1) is 0 Å². The van der Waals surface area contributed by atoms with Crippen LogP contribution in [0, 0.1) is 0 Å². The number of aromatic nitrogens is 1. The molecule has 6 heteroatoms. The summed E-state index contributed by atoms with van der Waals surface area (Å²) in [6, 6.07) is 11.6. The van der Waals surface area contributed by atoms with Gasteiger partial charge in [-0.25, -0.2) is 10.3 Å². The maximum Gasteiger partial charge on any atom is 0.277 e. The largest absolute Gasteiger partial charge is 1.00 e. The summed E-state index contributed by atoms with van der Waals surface area (Å²) in [6.45, 7) is 0. The Kier molecular flexibility index (Phi) is 6.35. The molecule has 2 aromatic rings. The van der Waals surface area contributed by atoms with Gasteiger partial charge in [-0.3, -0.25) is 0 Å². The molecule has 0 unspecified atom stereocenters. The van der Waals surface area contributed by atoms with Crippen molar-refractivity contribution in [1.29, 1.82) is 0 Å². The normalized spacial score (nSPS) is 8.76. The summed E-state index contributed by atoms with van der Waals surface area (Å²) < 4.78 is 0. The van der Waals surface area contributed by atoms with E-state index in [9.17, 15) is 0 Å². The van der Waals surface area contributed by atoms with E-state index in [-0.39, 0.29) is 24.8 Å². The Morgan fingerprint density at radius 2 is 1.65 bits per heavy atom. The molecular weight excluding hydrogens is 259 g/mol. The molecule has 0 fully saturated rings. The SMILES string of the molecule is Nc1ccc(Nc2ccc([NH3+])cc2)[nH+]c1.[Cl-].[Cl-]. The molecule has 0 spiro atoms. The predicted octanol–water partition coefficient (Wildman–Crippen LogP) is -5.29. The van der Waals surface area contributed by atoms with E-state index in [1.807, 2.05) is 36.4 Å². The third-order valence-electron chi connectivity index (χ3n) is 2.07. The number of quaternary nitrogens is 1. The fourth-order valence-corrected chi connectivity index (χ4v) is 1.26. The number of halogens is 2. The number of nitrogens with one attached hydrogen (secondary N) is 2. The van der Waals surface area contributed by atoms with Crippen molar-refractivity contribution in [2.45, 2.75) is 0 Å².